The van der Waals surface area contributed by atoms with Crippen molar-refractivity contribution in [3.8, 4) is 5.75 Å². The SMILES string of the molecule is CONC1=CC2(CCN(C(=O)C3(F)CCN(Cc4cc([N+](=O)[O-])n(C)n4)CC3)CC2)Oc2ccc(F)cc21. The number of rotatable bonds is 6. The Balaban J connectivity index is 1.20. The third-order valence-corrected chi connectivity index (χ3v) is 7.57. The molecular weight excluding hydrogens is 502 g/mol. The summed E-state index contributed by atoms with van der Waals surface area (Å²) in [6.45, 7) is 1.68. The van der Waals surface area contributed by atoms with E-state index in [0.717, 1.165) is 0 Å². The van der Waals surface area contributed by atoms with E-state index in [9.17, 15) is 19.3 Å². The average Bonchev–Trinajstić information content (AvgIpc) is 3.26. The number of aryl methyl sites for hydroxylation is 1. The first kappa shape index (κ1) is 26.0. The molecule has 0 radical (unpaired) electrons. The van der Waals surface area contributed by atoms with E-state index in [2.05, 4.69) is 10.6 Å². The van der Waals surface area contributed by atoms with Crippen molar-refractivity contribution >= 4 is 17.4 Å². The Morgan fingerprint density at radius 3 is 2.55 bits per heavy atom. The van der Waals surface area contributed by atoms with Gasteiger partial charge in [0.2, 0.25) is 0 Å². The standard InChI is InChI=1S/C25H30F2N6O5/c1-30-22(33(35)36)14-18(28-30)16-31-9-7-25(27,8-10-31)23(34)32-11-5-24(6-12-32)15-20(29-37-2)19-13-17(26)3-4-21(19)38-24/h3-4,13-15,29H,5-12,16H2,1-2H3. The van der Waals surface area contributed by atoms with Gasteiger partial charge in [0.05, 0.1) is 18.9 Å². The number of fused-ring (bicyclic) bond motifs is 1. The Hall–Kier alpha value is -3.58. The fourth-order valence-electron chi connectivity index (χ4n) is 5.48. The molecule has 204 valence electrons. The molecule has 11 nitrogen and oxygen atoms in total. The zero-order chi connectivity index (χ0) is 27.1. The number of carbonyl (C=O) groups is 1. The van der Waals surface area contributed by atoms with Gasteiger partial charge in [-0.1, -0.05) is 5.10 Å². The highest BCUT2D eigenvalue weighted by Gasteiger charge is 2.47. The molecule has 1 aromatic heterocycles. The molecule has 1 aromatic carbocycles. The van der Waals surface area contributed by atoms with Crippen LogP contribution >= 0.6 is 0 Å². The number of hydrogen-bond donors (Lipinski definition) is 1. The molecule has 3 aliphatic heterocycles. The highest BCUT2D eigenvalue weighted by atomic mass is 19.1. The van der Waals surface area contributed by atoms with E-state index in [1.807, 2.05) is 11.0 Å². The van der Waals surface area contributed by atoms with Gasteiger partial charge in [-0.2, -0.15) is 0 Å². The van der Waals surface area contributed by atoms with E-state index in [4.69, 9.17) is 9.57 Å². The van der Waals surface area contributed by atoms with Gasteiger partial charge in [0.15, 0.2) is 5.67 Å². The Bertz CT molecular complexity index is 1260. The van der Waals surface area contributed by atoms with Gasteiger partial charge in [0.1, 0.15) is 29.9 Å². The summed E-state index contributed by atoms with van der Waals surface area (Å²) in [6, 6.07) is 5.68. The van der Waals surface area contributed by atoms with Crippen LogP contribution in [0.2, 0.25) is 0 Å². The maximum Gasteiger partial charge on any atom is 0.344 e. The van der Waals surface area contributed by atoms with E-state index < -0.39 is 27.9 Å². The number of amides is 1. The molecule has 4 heterocycles. The van der Waals surface area contributed by atoms with E-state index >= 15 is 4.39 Å². The number of halogens is 2. The van der Waals surface area contributed by atoms with Crippen LogP contribution in [-0.4, -0.2) is 75.0 Å². The second kappa shape index (κ2) is 9.95. The molecule has 2 aromatic rings. The maximum absolute atomic E-state index is 15.8. The monoisotopic (exact) mass is 532 g/mol. The number of alkyl halides is 1. The fourth-order valence-corrected chi connectivity index (χ4v) is 5.48. The van der Waals surface area contributed by atoms with Crippen LogP contribution in [0.5, 0.6) is 5.75 Å². The lowest BCUT2D eigenvalue weighted by Crippen LogP contribution is -2.56. The Morgan fingerprint density at radius 1 is 1.21 bits per heavy atom. The Kier molecular flexibility index (Phi) is 6.82. The van der Waals surface area contributed by atoms with E-state index in [1.54, 1.807) is 11.0 Å². The van der Waals surface area contributed by atoms with Crippen LogP contribution in [-0.2, 0) is 23.2 Å². The van der Waals surface area contributed by atoms with Gasteiger partial charge < -0.3 is 19.8 Å². The van der Waals surface area contributed by atoms with Crippen LogP contribution in [0.1, 0.15) is 36.9 Å². The topological polar surface area (TPSA) is 115 Å². The highest BCUT2D eigenvalue weighted by Crippen LogP contribution is 2.41. The van der Waals surface area contributed by atoms with Gasteiger partial charge in [0.25, 0.3) is 5.91 Å². The second-order valence-corrected chi connectivity index (χ2v) is 10.1. The van der Waals surface area contributed by atoms with Crippen molar-refractivity contribution in [2.45, 2.75) is 43.5 Å². The third kappa shape index (κ3) is 4.95. The number of hydrogen-bond acceptors (Lipinski definition) is 8. The number of benzene rings is 1. The summed E-state index contributed by atoms with van der Waals surface area (Å²) >= 11 is 0. The highest BCUT2D eigenvalue weighted by molar-refractivity contribution is 5.85. The van der Waals surface area contributed by atoms with Gasteiger partial charge >= 0.3 is 5.82 Å². The smallest absolute Gasteiger partial charge is 0.344 e. The van der Waals surface area contributed by atoms with Crippen molar-refractivity contribution in [1.29, 1.82) is 0 Å². The molecule has 0 atom stereocenters. The van der Waals surface area contributed by atoms with Crippen molar-refractivity contribution < 1.29 is 28.1 Å². The summed E-state index contributed by atoms with van der Waals surface area (Å²) in [5.41, 5.74) is 1.77. The van der Waals surface area contributed by atoms with Gasteiger partial charge in [-0.3, -0.25) is 20.0 Å². The lowest BCUT2D eigenvalue weighted by molar-refractivity contribution is -0.392. The molecule has 1 amide bonds. The second-order valence-electron chi connectivity index (χ2n) is 10.1. The predicted molar refractivity (Wildman–Crippen MR) is 132 cm³/mol. The van der Waals surface area contributed by atoms with Gasteiger partial charge in [0, 0.05) is 64.0 Å². The molecule has 5 rings (SSSR count). The van der Waals surface area contributed by atoms with E-state index in [-0.39, 0.29) is 18.7 Å². The lowest BCUT2D eigenvalue weighted by Gasteiger charge is -2.45. The first-order valence-corrected chi connectivity index (χ1v) is 12.5. The largest absolute Gasteiger partial charge is 0.482 e. The number of piperidine rings is 2. The maximum atomic E-state index is 15.8. The summed E-state index contributed by atoms with van der Waals surface area (Å²) in [6.07, 6.45) is 2.83. The minimum atomic E-state index is -1.97. The van der Waals surface area contributed by atoms with Crippen molar-refractivity contribution in [2.75, 3.05) is 33.3 Å². The molecule has 2 fully saturated rings. The van der Waals surface area contributed by atoms with Gasteiger partial charge in [-0.15, -0.1) is 4.68 Å². The molecule has 3 aliphatic rings. The first-order valence-electron chi connectivity index (χ1n) is 12.5. The van der Waals surface area contributed by atoms with Gasteiger partial charge in [-0.05, 0) is 29.2 Å². The summed E-state index contributed by atoms with van der Waals surface area (Å²) < 4.78 is 37.1. The fraction of sp³-hybridized carbons (Fsp3) is 0.520. The molecule has 0 aliphatic carbocycles. The molecule has 1 N–H and O–H groups in total. The number of nitrogens with one attached hydrogen (secondary N) is 1. The number of likely N-dealkylation sites (tertiary alicyclic amines) is 2. The number of nitro groups is 1. The first-order chi connectivity index (χ1) is 18.1. The normalized spacial score (nSPS) is 20.4. The number of nitrogens with zero attached hydrogens (tertiary/aromatic N) is 5. The zero-order valence-corrected chi connectivity index (χ0v) is 21.3. The van der Waals surface area contributed by atoms with Crippen LogP contribution in [0.4, 0.5) is 14.6 Å². The molecule has 1 spiro atoms. The Morgan fingerprint density at radius 2 is 1.92 bits per heavy atom. The van der Waals surface area contributed by atoms with Gasteiger partial charge in [-0.25, -0.2) is 8.78 Å². The number of aromatic nitrogens is 2. The quantitative estimate of drug-likeness (QED) is 0.446. The summed E-state index contributed by atoms with van der Waals surface area (Å²) in [4.78, 5) is 32.4. The van der Waals surface area contributed by atoms with Crippen molar-refractivity contribution in [3.05, 3.63) is 57.5 Å². The van der Waals surface area contributed by atoms with Crippen LogP contribution in [0.3, 0.4) is 0 Å². The van der Waals surface area contributed by atoms with Crippen LogP contribution in [0, 0.1) is 15.9 Å². The lowest BCUT2D eigenvalue weighted by atomic mass is 9.85. The third-order valence-electron chi connectivity index (χ3n) is 7.57. The molecule has 2 saturated heterocycles. The van der Waals surface area contributed by atoms with E-state index in [0.29, 0.717) is 68.3 Å². The number of carbonyl (C=O) groups excluding carboxylic acids is 1. The van der Waals surface area contributed by atoms with Crippen LogP contribution in [0.25, 0.3) is 5.70 Å². The molecule has 0 unspecified atom stereocenters. The van der Waals surface area contributed by atoms with Crippen LogP contribution in [0.15, 0.2) is 30.3 Å². The molecule has 13 heteroatoms. The number of hydroxylamine groups is 1. The molecule has 0 bridgehead atoms. The Labute approximate surface area is 218 Å². The minimum absolute atomic E-state index is 0.0413. The molecule has 0 saturated carbocycles. The number of ether oxygens (including phenoxy) is 1. The minimum Gasteiger partial charge on any atom is -0.482 e. The van der Waals surface area contributed by atoms with E-state index in [1.165, 1.54) is 37.0 Å². The van der Waals surface area contributed by atoms with Crippen molar-refractivity contribution in [3.63, 3.8) is 0 Å². The van der Waals surface area contributed by atoms with Crippen molar-refractivity contribution in [1.82, 2.24) is 25.1 Å². The predicted octanol–water partition coefficient (Wildman–Crippen LogP) is 2.72. The van der Waals surface area contributed by atoms with Crippen molar-refractivity contribution in [2.24, 2.45) is 7.05 Å². The summed E-state index contributed by atoms with van der Waals surface area (Å²) in [5, 5.41) is 15.2. The molecule has 38 heavy (non-hydrogen) atoms. The zero-order valence-electron chi connectivity index (χ0n) is 21.3. The average molecular weight is 533 g/mol. The molecular formula is C25H30F2N6O5. The summed E-state index contributed by atoms with van der Waals surface area (Å²) in [7, 11) is 2.98. The summed E-state index contributed by atoms with van der Waals surface area (Å²) in [5.74, 6) is -0.501. The van der Waals surface area contributed by atoms with Crippen LogP contribution < -0.4 is 10.2 Å².